The number of rotatable bonds is 3. The Morgan fingerprint density at radius 2 is 2.05 bits per heavy atom. The molecule has 0 unspecified atom stereocenters. The maximum absolute atomic E-state index is 11.8. The van der Waals surface area contributed by atoms with E-state index in [0.717, 1.165) is 11.1 Å². The van der Waals surface area contributed by atoms with Gasteiger partial charge in [-0.25, -0.2) is 4.98 Å². The zero-order chi connectivity index (χ0) is 14.2. The molecule has 1 heterocycles. The van der Waals surface area contributed by atoms with Crippen LogP contribution in [0.4, 0.5) is 0 Å². The lowest BCUT2D eigenvalue weighted by Crippen LogP contribution is -2.23. The highest BCUT2D eigenvalue weighted by Crippen LogP contribution is 2.03. The van der Waals surface area contributed by atoms with Gasteiger partial charge < -0.3 is 11.1 Å². The van der Waals surface area contributed by atoms with Crippen molar-refractivity contribution in [1.29, 1.82) is 0 Å². The summed E-state index contributed by atoms with van der Waals surface area (Å²) in [7, 11) is 0. The first-order valence-electron chi connectivity index (χ1n) is 6.11. The smallest absolute Gasteiger partial charge is 0.271 e. The summed E-state index contributed by atoms with van der Waals surface area (Å²) in [5.41, 5.74) is 7.50. The van der Waals surface area contributed by atoms with Gasteiger partial charge in [-0.1, -0.05) is 24.0 Å². The van der Waals surface area contributed by atoms with E-state index in [2.05, 4.69) is 27.1 Å². The summed E-state index contributed by atoms with van der Waals surface area (Å²) in [4.78, 5) is 19.6. The van der Waals surface area contributed by atoms with Crippen LogP contribution in [0, 0.1) is 11.8 Å². The fourth-order valence-electron chi connectivity index (χ4n) is 1.55. The van der Waals surface area contributed by atoms with Gasteiger partial charge in [-0.3, -0.25) is 9.78 Å². The predicted octanol–water partition coefficient (Wildman–Crippen LogP) is 0.717. The number of nitrogens with two attached hydrogens (primary N) is 1. The summed E-state index contributed by atoms with van der Waals surface area (Å²) in [6.07, 6.45) is 4.44. The normalized spacial score (nSPS) is 9.45. The molecular weight excluding hydrogens is 252 g/mol. The Bertz CT molecular complexity index is 626. The number of amides is 1. The third kappa shape index (κ3) is 3.90. The molecule has 0 aliphatic heterocycles. The Morgan fingerprint density at radius 3 is 2.70 bits per heavy atom. The van der Waals surface area contributed by atoms with Crippen LogP contribution in [0.5, 0.6) is 0 Å². The molecule has 5 heteroatoms. The van der Waals surface area contributed by atoms with Gasteiger partial charge >= 0.3 is 0 Å². The minimum Gasteiger partial charge on any atom is -0.347 e. The number of benzene rings is 1. The van der Waals surface area contributed by atoms with Gasteiger partial charge in [0.15, 0.2) is 0 Å². The monoisotopic (exact) mass is 266 g/mol. The first kappa shape index (κ1) is 13.7. The Balaban J connectivity index is 1.93. The third-order valence-corrected chi connectivity index (χ3v) is 2.54. The van der Waals surface area contributed by atoms with Crippen molar-refractivity contribution in [2.24, 2.45) is 5.73 Å². The number of hydrogen-bond acceptors (Lipinski definition) is 4. The van der Waals surface area contributed by atoms with E-state index in [-0.39, 0.29) is 5.91 Å². The van der Waals surface area contributed by atoms with Crippen molar-refractivity contribution in [3.63, 3.8) is 0 Å². The lowest BCUT2D eigenvalue weighted by molar-refractivity contribution is 0.0945. The Morgan fingerprint density at radius 1 is 1.25 bits per heavy atom. The molecule has 0 saturated carbocycles. The molecule has 5 nitrogen and oxygen atoms in total. The van der Waals surface area contributed by atoms with Crippen LogP contribution in [-0.4, -0.2) is 22.4 Å². The van der Waals surface area contributed by atoms with Crippen LogP contribution in [0.1, 0.15) is 21.6 Å². The number of hydrogen-bond donors (Lipinski definition) is 2. The Hall–Kier alpha value is -2.71. The first-order valence-corrected chi connectivity index (χ1v) is 6.11. The van der Waals surface area contributed by atoms with E-state index >= 15 is 0 Å². The lowest BCUT2D eigenvalue weighted by Gasteiger charge is -2.04. The quantitative estimate of drug-likeness (QED) is 0.802. The van der Waals surface area contributed by atoms with E-state index in [1.807, 2.05) is 24.3 Å². The van der Waals surface area contributed by atoms with Crippen LogP contribution in [0.15, 0.2) is 42.9 Å². The second-order valence-electron chi connectivity index (χ2n) is 3.98. The van der Waals surface area contributed by atoms with Crippen molar-refractivity contribution < 1.29 is 4.79 Å². The van der Waals surface area contributed by atoms with Crippen molar-refractivity contribution >= 4 is 5.91 Å². The van der Waals surface area contributed by atoms with E-state index in [9.17, 15) is 4.79 Å². The van der Waals surface area contributed by atoms with Gasteiger partial charge in [0, 0.05) is 24.5 Å². The van der Waals surface area contributed by atoms with Crippen molar-refractivity contribution in [3.05, 3.63) is 59.7 Å². The number of carbonyl (C=O) groups excluding carboxylic acids is 1. The molecule has 0 radical (unpaired) electrons. The van der Waals surface area contributed by atoms with E-state index in [4.69, 9.17) is 5.73 Å². The molecule has 0 atom stereocenters. The second kappa shape index (κ2) is 7.02. The van der Waals surface area contributed by atoms with Crippen LogP contribution < -0.4 is 11.1 Å². The van der Waals surface area contributed by atoms with Gasteiger partial charge in [0.1, 0.15) is 5.69 Å². The summed E-state index contributed by atoms with van der Waals surface area (Å²) in [6, 6.07) is 7.62. The topological polar surface area (TPSA) is 80.9 Å². The summed E-state index contributed by atoms with van der Waals surface area (Å²) in [5, 5.41) is 2.78. The SMILES string of the molecule is NCC#Cc1ccc(CNC(=O)c2cnccn2)cc1. The summed E-state index contributed by atoms with van der Waals surface area (Å²) in [6.45, 7) is 0.774. The number of nitrogens with zero attached hydrogens (tertiary/aromatic N) is 2. The summed E-state index contributed by atoms with van der Waals surface area (Å²) >= 11 is 0. The molecule has 2 rings (SSSR count). The highest BCUT2D eigenvalue weighted by molar-refractivity contribution is 5.91. The summed E-state index contributed by atoms with van der Waals surface area (Å²) < 4.78 is 0. The number of carbonyl (C=O) groups is 1. The zero-order valence-electron chi connectivity index (χ0n) is 10.8. The van der Waals surface area contributed by atoms with Gasteiger partial charge in [0.2, 0.25) is 0 Å². The third-order valence-electron chi connectivity index (χ3n) is 2.54. The van der Waals surface area contributed by atoms with Crippen molar-refractivity contribution in [2.75, 3.05) is 6.54 Å². The lowest BCUT2D eigenvalue weighted by atomic mass is 10.1. The molecule has 20 heavy (non-hydrogen) atoms. The predicted molar refractivity (Wildman–Crippen MR) is 75.6 cm³/mol. The number of nitrogens with one attached hydrogen (secondary N) is 1. The van der Waals surface area contributed by atoms with Crippen LogP contribution in [-0.2, 0) is 6.54 Å². The molecule has 1 aromatic carbocycles. The first-order chi connectivity index (χ1) is 9.79. The molecule has 0 saturated heterocycles. The molecule has 0 aliphatic rings. The molecule has 3 N–H and O–H groups in total. The van der Waals surface area contributed by atoms with Crippen molar-refractivity contribution in [1.82, 2.24) is 15.3 Å². The highest BCUT2D eigenvalue weighted by Gasteiger charge is 2.05. The minimum absolute atomic E-state index is 0.245. The van der Waals surface area contributed by atoms with Gasteiger partial charge in [-0.2, -0.15) is 0 Å². The van der Waals surface area contributed by atoms with Gasteiger partial charge in [0.25, 0.3) is 5.91 Å². The van der Waals surface area contributed by atoms with Crippen molar-refractivity contribution in [2.45, 2.75) is 6.54 Å². The molecule has 1 amide bonds. The van der Waals surface area contributed by atoms with E-state index < -0.39 is 0 Å². The molecule has 1 aromatic heterocycles. The van der Waals surface area contributed by atoms with E-state index in [1.54, 1.807) is 0 Å². The van der Waals surface area contributed by atoms with E-state index in [1.165, 1.54) is 18.6 Å². The molecule has 2 aromatic rings. The molecule has 0 fully saturated rings. The average Bonchev–Trinajstić information content (AvgIpc) is 2.52. The maximum Gasteiger partial charge on any atom is 0.271 e. The van der Waals surface area contributed by atoms with Gasteiger partial charge in [-0.15, -0.1) is 0 Å². The van der Waals surface area contributed by atoms with Crippen LogP contribution >= 0.6 is 0 Å². The maximum atomic E-state index is 11.8. The van der Waals surface area contributed by atoms with Crippen LogP contribution in [0.3, 0.4) is 0 Å². The molecule has 0 aliphatic carbocycles. The van der Waals surface area contributed by atoms with Crippen LogP contribution in [0.25, 0.3) is 0 Å². The Kier molecular flexibility index (Phi) is 4.81. The fourth-order valence-corrected chi connectivity index (χ4v) is 1.55. The highest BCUT2D eigenvalue weighted by atomic mass is 16.1. The second-order valence-corrected chi connectivity index (χ2v) is 3.98. The van der Waals surface area contributed by atoms with E-state index in [0.29, 0.717) is 18.8 Å². The molecular formula is C15H14N4O. The minimum atomic E-state index is -0.245. The van der Waals surface area contributed by atoms with Crippen molar-refractivity contribution in [3.8, 4) is 11.8 Å². The molecule has 0 spiro atoms. The largest absolute Gasteiger partial charge is 0.347 e. The Labute approximate surface area is 117 Å². The van der Waals surface area contributed by atoms with Gasteiger partial charge in [0.05, 0.1) is 12.7 Å². The fraction of sp³-hybridized carbons (Fsp3) is 0.133. The summed E-state index contributed by atoms with van der Waals surface area (Å²) in [5.74, 6) is 5.48. The van der Waals surface area contributed by atoms with Crippen LogP contribution in [0.2, 0.25) is 0 Å². The average molecular weight is 266 g/mol. The molecule has 100 valence electrons. The zero-order valence-corrected chi connectivity index (χ0v) is 10.8. The molecule has 0 bridgehead atoms. The number of aromatic nitrogens is 2. The standard InChI is InChI=1S/C15H14N4O/c16-7-1-2-12-3-5-13(6-4-12)10-19-15(20)14-11-17-8-9-18-14/h3-6,8-9,11H,7,10,16H2,(H,19,20). The van der Waals surface area contributed by atoms with Gasteiger partial charge in [-0.05, 0) is 17.7 Å².